The molecule has 1 aliphatic rings. The van der Waals surface area contributed by atoms with Gasteiger partial charge in [0.15, 0.2) is 5.82 Å². The summed E-state index contributed by atoms with van der Waals surface area (Å²) in [5.74, 6) is 1.11. The zero-order valence-corrected chi connectivity index (χ0v) is 9.53. The minimum Gasteiger partial charge on any atom is -0.380 e. The molecule has 1 saturated heterocycles. The number of hydrogen-bond acceptors (Lipinski definition) is 3. The van der Waals surface area contributed by atoms with Crippen LogP contribution in [0.1, 0.15) is 26.7 Å². The van der Waals surface area contributed by atoms with Gasteiger partial charge in [-0.25, -0.2) is 4.98 Å². The number of anilines is 2. The largest absolute Gasteiger partial charge is 0.380 e. The summed E-state index contributed by atoms with van der Waals surface area (Å²) in [5.41, 5.74) is 1.16. The molecule has 0 radical (unpaired) electrons. The second-order valence-corrected chi connectivity index (χ2v) is 4.37. The molecular formula is C12H19N3. The number of nitrogens with one attached hydrogen (secondary N) is 1. The van der Waals surface area contributed by atoms with Gasteiger partial charge in [0, 0.05) is 25.3 Å². The molecule has 1 fully saturated rings. The zero-order valence-electron chi connectivity index (χ0n) is 9.53. The lowest BCUT2D eigenvalue weighted by molar-refractivity contribution is 0.883. The highest BCUT2D eigenvalue weighted by atomic mass is 15.2. The van der Waals surface area contributed by atoms with E-state index in [-0.39, 0.29) is 0 Å². The van der Waals surface area contributed by atoms with E-state index in [2.05, 4.69) is 35.1 Å². The second kappa shape index (κ2) is 4.51. The Morgan fingerprint density at radius 3 is 2.73 bits per heavy atom. The van der Waals surface area contributed by atoms with Crippen LogP contribution in [-0.2, 0) is 0 Å². The third-order valence-corrected chi connectivity index (χ3v) is 2.64. The van der Waals surface area contributed by atoms with E-state index in [1.54, 1.807) is 0 Å². The molecule has 0 unspecified atom stereocenters. The molecule has 0 amide bonds. The summed E-state index contributed by atoms with van der Waals surface area (Å²) >= 11 is 0. The normalized spacial score (nSPS) is 16.1. The van der Waals surface area contributed by atoms with Gasteiger partial charge >= 0.3 is 0 Å². The summed E-state index contributed by atoms with van der Waals surface area (Å²) in [4.78, 5) is 6.84. The maximum atomic E-state index is 4.48. The molecule has 1 N–H and O–H groups in total. The molecule has 0 bridgehead atoms. The topological polar surface area (TPSA) is 28.2 Å². The Balaban J connectivity index is 2.20. The van der Waals surface area contributed by atoms with Crippen LogP contribution in [0.25, 0.3) is 0 Å². The van der Waals surface area contributed by atoms with Gasteiger partial charge in [-0.2, -0.15) is 0 Å². The van der Waals surface area contributed by atoms with Gasteiger partial charge < -0.3 is 10.2 Å². The van der Waals surface area contributed by atoms with Gasteiger partial charge in [-0.1, -0.05) is 0 Å². The first kappa shape index (κ1) is 10.3. The Labute approximate surface area is 91.5 Å². The van der Waals surface area contributed by atoms with Gasteiger partial charge in [-0.05, 0) is 38.8 Å². The number of rotatable bonds is 3. The smallest absolute Gasteiger partial charge is 0.151 e. The van der Waals surface area contributed by atoms with Crippen LogP contribution in [0.4, 0.5) is 11.5 Å². The van der Waals surface area contributed by atoms with Crippen molar-refractivity contribution in [3.63, 3.8) is 0 Å². The molecule has 2 rings (SSSR count). The van der Waals surface area contributed by atoms with Gasteiger partial charge in [0.2, 0.25) is 0 Å². The average Bonchev–Trinajstić information content (AvgIpc) is 2.70. The molecular weight excluding hydrogens is 186 g/mol. The van der Waals surface area contributed by atoms with Crippen molar-refractivity contribution in [1.29, 1.82) is 0 Å². The first-order valence-electron chi connectivity index (χ1n) is 5.74. The van der Waals surface area contributed by atoms with Crippen molar-refractivity contribution in [1.82, 2.24) is 4.98 Å². The molecule has 15 heavy (non-hydrogen) atoms. The quantitative estimate of drug-likeness (QED) is 0.821. The predicted octanol–water partition coefficient (Wildman–Crippen LogP) is 2.50. The van der Waals surface area contributed by atoms with Crippen LogP contribution in [0.2, 0.25) is 0 Å². The number of pyridine rings is 1. The lowest BCUT2D eigenvalue weighted by Gasteiger charge is -2.21. The van der Waals surface area contributed by atoms with E-state index in [9.17, 15) is 0 Å². The van der Waals surface area contributed by atoms with Crippen LogP contribution >= 0.6 is 0 Å². The number of hydrogen-bond donors (Lipinski definition) is 1. The molecule has 3 heteroatoms. The molecule has 0 atom stereocenters. The van der Waals surface area contributed by atoms with Gasteiger partial charge in [0.05, 0.1) is 5.69 Å². The summed E-state index contributed by atoms with van der Waals surface area (Å²) in [6, 6.07) is 4.56. The third kappa shape index (κ3) is 2.41. The Kier molecular flexibility index (Phi) is 3.09. The molecule has 1 aliphatic heterocycles. The summed E-state index contributed by atoms with van der Waals surface area (Å²) in [5, 5.41) is 3.45. The van der Waals surface area contributed by atoms with Crippen molar-refractivity contribution in [3.05, 3.63) is 18.3 Å². The highest BCUT2D eigenvalue weighted by molar-refractivity contribution is 5.65. The minimum absolute atomic E-state index is 0.454. The van der Waals surface area contributed by atoms with Crippen molar-refractivity contribution in [3.8, 4) is 0 Å². The van der Waals surface area contributed by atoms with E-state index in [0.717, 1.165) is 24.6 Å². The van der Waals surface area contributed by atoms with Crippen LogP contribution in [0.5, 0.6) is 0 Å². The molecule has 0 aliphatic carbocycles. The van der Waals surface area contributed by atoms with Gasteiger partial charge in [-0.15, -0.1) is 0 Å². The Hall–Kier alpha value is -1.25. The van der Waals surface area contributed by atoms with Crippen molar-refractivity contribution in [2.45, 2.75) is 32.7 Å². The molecule has 1 aromatic rings. The first-order valence-corrected chi connectivity index (χ1v) is 5.74. The van der Waals surface area contributed by atoms with E-state index in [1.165, 1.54) is 12.8 Å². The van der Waals surface area contributed by atoms with Gasteiger partial charge in [0.25, 0.3) is 0 Å². The summed E-state index contributed by atoms with van der Waals surface area (Å²) in [7, 11) is 0. The first-order chi connectivity index (χ1) is 7.27. The van der Waals surface area contributed by atoms with Crippen molar-refractivity contribution in [2.75, 3.05) is 23.3 Å². The Morgan fingerprint density at radius 1 is 1.33 bits per heavy atom. The SMILES string of the molecule is CC(C)Nc1cccnc1N1CCCC1. The third-order valence-electron chi connectivity index (χ3n) is 2.64. The van der Waals surface area contributed by atoms with Gasteiger partial charge in [-0.3, -0.25) is 0 Å². The van der Waals surface area contributed by atoms with Crippen molar-refractivity contribution >= 4 is 11.5 Å². The standard InChI is InChI=1S/C12H19N3/c1-10(2)14-11-6-5-7-13-12(11)15-8-3-4-9-15/h5-7,10,14H,3-4,8-9H2,1-2H3. The van der Waals surface area contributed by atoms with Crippen LogP contribution in [-0.4, -0.2) is 24.1 Å². The highest BCUT2D eigenvalue weighted by Gasteiger charge is 2.16. The van der Waals surface area contributed by atoms with Crippen molar-refractivity contribution < 1.29 is 0 Å². The van der Waals surface area contributed by atoms with Crippen LogP contribution in [0.15, 0.2) is 18.3 Å². The maximum Gasteiger partial charge on any atom is 0.151 e. The van der Waals surface area contributed by atoms with Crippen LogP contribution < -0.4 is 10.2 Å². The van der Waals surface area contributed by atoms with Crippen LogP contribution in [0.3, 0.4) is 0 Å². The van der Waals surface area contributed by atoms with E-state index in [0.29, 0.717) is 6.04 Å². The minimum atomic E-state index is 0.454. The lowest BCUT2D eigenvalue weighted by atomic mass is 10.3. The van der Waals surface area contributed by atoms with E-state index < -0.39 is 0 Å². The fourth-order valence-corrected chi connectivity index (χ4v) is 2.00. The predicted molar refractivity (Wildman–Crippen MR) is 64.4 cm³/mol. The number of nitrogens with zero attached hydrogens (tertiary/aromatic N) is 2. The number of aromatic nitrogens is 1. The fourth-order valence-electron chi connectivity index (χ4n) is 2.00. The zero-order chi connectivity index (χ0) is 10.7. The molecule has 1 aromatic heterocycles. The molecule has 0 saturated carbocycles. The van der Waals surface area contributed by atoms with Crippen molar-refractivity contribution in [2.24, 2.45) is 0 Å². The van der Waals surface area contributed by atoms with E-state index >= 15 is 0 Å². The van der Waals surface area contributed by atoms with Crippen LogP contribution in [0, 0.1) is 0 Å². The monoisotopic (exact) mass is 205 g/mol. The summed E-state index contributed by atoms with van der Waals surface area (Å²) in [6.45, 7) is 6.59. The summed E-state index contributed by atoms with van der Waals surface area (Å²) in [6.07, 6.45) is 4.45. The van der Waals surface area contributed by atoms with Gasteiger partial charge in [0.1, 0.15) is 0 Å². The Bertz CT molecular complexity index is 316. The fraction of sp³-hybridized carbons (Fsp3) is 0.583. The second-order valence-electron chi connectivity index (χ2n) is 4.37. The molecule has 0 aromatic carbocycles. The summed E-state index contributed by atoms with van der Waals surface area (Å²) < 4.78 is 0. The Morgan fingerprint density at radius 2 is 2.07 bits per heavy atom. The average molecular weight is 205 g/mol. The lowest BCUT2D eigenvalue weighted by Crippen LogP contribution is -2.22. The van der Waals surface area contributed by atoms with E-state index in [4.69, 9.17) is 0 Å². The molecule has 3 nitrogen and oxygen atoms in total. The highest BCUT2D eigenvalue weighted by Crippen LogP contribution is 2.26. The molecule has 2 heterocycles. The molecule has 0 spiro atoms. The molecule has 82 valence electrons. The van der Waals surface area contributed by atoms with E-state index in [1.807, 2.05) is 12.3 Å². The maximum absolute atomic E-state index is 4.48.